The monoisotopic (exact) mass is 354 g/mol. The van der Waals surface area contributed by atoms with Gasteiger partial charge in [0.25, 0.3) is 0 Å². The number of carbonyl (C=O) groups excluding carboxylic acids is 1. The van der Waals surface area contributed by atoms with E-state index in [1.165, 1.54) is 35.0 Å². The number of rotatable bonds is 6. The Labute approximate surface area is 142 Å². The van der Waals surface area contributed by atoms with Gasteiger partial charge < -0.3 is 10.0 Å². The number of amides is 2. The normalized spacial score (nSPS) is 10.5. The molecule has 2 aromatic rings. The first-order valence-electron chi connectivity index (χ1n) is 7.06. The number of hydrogen-bond donors (Lipinski definition) is 2. The number of aromatic nitrogens is 2. The number of hydrogen-bond acceptors (Lipinski definition) is 3. The maximum Gasteiger partial charge on any atom is 0.322 e. The summed E-state index contributed by atoms with van der Waals surface area (Å²) >= 11 is 5.65. The summed E-state index contributed by atoms with van der Waals surface area (Å²) in [6.07, 6.45) is 1.35. The molecule has 0 fully saturated rings. The first kappa shape index (κ1) is 17.7. The van der Waals surface area contributed by atoms with Crippen LogP contribution in [0.15, 0.2) is 30.5 Å². The second kappa shape index (κ2) is 7.78. The van der Waals surface area contributed by atoms with E-state index >= 15 is 0 Å². The van der Waals surface area contributed by atoms with Gasteiger partial charge in [0, 0.05) is 19.7 Å². The predicted octanol–water partition coefficient (Wildman–Crippen LogP) is 2.66. The van der Waals surface area contributed by atoms with Gasteiger partial charge in [0.15, 0.2) is 0 Å². The first-order valence-corrected chi connectivity index (χ1v) is 7.44. The van der Waals surface area contributed by atoms with Crippen molar-refractivity contribution >= 4 is 29.4 Å². The van der Waals surface area contributed by atoms with Crippen molar-refractivity contribution in [2.45, 2.75) is 13.0 Å². The highest BCUT2D eigenvalue weighted by Gasteiger charge is 2.13. The molecule has 0 saturated heterocycles. The largest absolute Gasteiger partial charge is 0.481 e. The number of carbonyl (C=O) groups is 2. The molecule has 0 radical (unpaired) electrons. The topological polar surface area (TPSA) is 87.5 Å². The number of nitrogens with zero attached hydrogens (tertiary/aromatic N) is 3. The Morgan fingerprint density at radius 1 is 1.42 bits per heavy atom. The van der Waals surface area contributed by atoms with Crippen molar-refractivity contribution in [2.75, 3.05) is 18.9 Å². The first-order chi connectivity index (χ1) is 11.4. The molecule has 1 aromatic heterocycles. The molecule has 0 bridgehead atoms. The van der Waals surface area contributed by atoms with Gasteiger partial charge in [0.05, 0.1) is 24.2 Å². The Hall–Kier alpha value is -2.61. The van der Waals surface area contributed by atoms with Crippen LogP contribution in [0.2, 0.25) is 5.02 Å². The molecule has 0 unspecified atom stereocenters. The predicted molar refractivity (Wildman–Crippen MR) is 86.6 cm³/mol. The minimum absolute atomic E-state index is 0.0350. The van der Waals surface area contributed by atoms with Crippen LogP contribution in [0.1, 0.15) is 12.0 Å². The van der Waals surface area contributed by atoms with E-state index in [0.29, 0.717) is 11.4 Å². The summed E-state index contributed by atoms with van der Waals surface area (Å²) in [5.41, 5.74) is 0.635. The number of benzene rings is 1. The minimum atomic E-state index is -0.982. The number of urea groups is 1. The fourth-order valence-corrected chi connectivity index (χ4v) is 2.06. The van der Waals surface area contributed by atoms with Crippen molar-refractivity contribution in [3.8, 4) is 0 Å². The summed E-state index contributed by atoms with van der Waals surface area (Å²) in [6, 6.07) is 5.55. The van der Waals surface area contributed by atoms with E-state index in [1.54, 1.807) is 12.1 Å². The van der Waals surface area contributed by atoms with E-state index in [2.05, 4.69) is 10.4 Å². The molecular formula is C15H16ClFN4O3. The van der Waals surface area contributed by atoms with Gasteiger partial charge in [0.2, 0.25) is 0 Å². The van der Waals surface area contributed by atoms with Crippen LogP contribution >= 0.6 is 11.6 Å². The van der Waals surface area contributed by atoms with E-state index in [4.69, 9.17) is 16.7 Å². The summed E-state index contributed by atoms with van der Waals surface area (Å²) in [7, 11) is 1.49. The number of halogens is 2. The van der Waals surface area contributed by atoms with E-state index < -0.39 is 17.8 Å². The maximum atomic E-state index is 13.5. The smallest absolute Gasteiger partial charge is 0.322 e. The van der Waals surface area contributed by atoms with Crippen molar-refractivity contribution in [1.29, 1.82) is 0 Å². The molecule has 9 heteroatoms. The van der Waals surface area contributed by atoms with E-state index in [9.17, 15) is 14.0 Å². The summed E-state index contributed by atoms with van der Waals surface area (Å²) < 4.78 is 15.0. The lowest BCUT2D eigenvalue weighted by Crippen LogP contribution is -2.33. The van der Waals surface area contributed by atoms with Crippen LogP contribution in [0.3, 0.4) is 0 Å². The van der Waals surface area contributed by atoms with Gasteiger partial charge in [-0.3, -0.25) is 10.1 Å². The SMILES string of the molecule is CN(CCC(=O)O)C(=O)Nc1ccnn1Cc1ccc(Cl)c(F)c1. The molecule has 128 valence electrons. The third-order valence-corrected chi connectivity index (χ3v) is 3.58. The molecule has 2 N–H and O–H groups in total. The molecule has 0 saturated carbocycles. The van der Waals surface area contributed by atoms with Gasteiger partial charge in [-0.15, -0.1) is 0 Å². The Bertz CT molecular complexity index is 750. The van der Waals surface area contributed by atoms with Crippen LogP contribution in [0.25, 0.3) is 0 Å². The van der Waals surface area contributed by atoms with Gasteiger partial charge in [-0.25, -0.2) is 13.9 Å². The molecule has 0 spiro atoms. The zero-order chi connectivity index (χ0) is 17.7. The molecule has 24 heavy (non-hydrogen) atoms. The molecule has 0 atom stereocenters. The number of aliphatic carboxylic acids is 1. The van der Waals surface area contributed by atoms with E-state index in [-0.39, 0.29) is 24.5 Å². The number of anilines is 1. The zero-order valence-corrected chi connectivity index (χ0v) is 13.6. The lowest BCUT2D eigenvalue weighted by atomic mass is 10.2. The minimum Gasteiger partial charge on any atom is -0.481 e. The average molecular weight is 355 g/mol. The third-order valence-electron chi connectivity index (χ3n) is 3.28. The number of nitrogens with one attached hydrogen (secondary N) is 1. The van der Waals surface area contributed by atoms with Crippen LogP contribution < -0.4 is 5.32 Å². The molecule has 0 aliphatic carbocycles. The molecule has 1 heterocycles. The van der Waals surface area contributed by atoms with Crippen LogP contribution in [0, 0.1) is 5.82 Å². The number of carboxylic acid groups (broad SMARTS) is 1. The standard InChI is InChI=1S/C15H16ClFN4O3/c1-20(7-5-14(22)23)15(24)19-13-4-6-18-21(13)9-10-2-3-11(16)12(17)8-10/h2-4,6,8H,5,7,9H2,1H3,(H,19,24)(H,22,23). The third kappa shape index (κ3) is 4.69. The Morgan fingerprint density at radius 3 is 2.83 bits per heavy atom. The Morgan fingerprint density at radius 2 is 2.17 bits per heavy atom. The second-order valence-corrected chi connectivity index (χ2v) is 5.53. The van der Waals surface area contributed by atoms with Gasteiger partial charge in [0.1, 0.15) is 11.6 Å². The molecular weight excluding hydrogens is 339 g/mol. The maximum absolute atomic E-state index is 13.5. The molecule has 7 nitrogen and oxygen atoms in total. The van der Waals surface area contributed by atoms with Crippen molar-refractivity contribution < 1.29 is 19.1 Å². The van der Waals surface area contributed by atoms with Crippen molar-refractivity contribution in [2.24, 2.45) is 0 Å². The number of carboxylic acids is 1. The van der Waals surface area contributed by atoms with Crippen molar-refractivity contribution in [1.82, 2.24) is 14.7 Å². The molecule has 0 aliphatic heterocycles. The lowest BCUT2D eigenvalue weighted by Gasteiger charge is -2.17. The summed E-state index contributed by atoms with van der Waals surface area (Å²) in [6.45, 7) is 0.327. The fraction of sp³-hybridized carbons (Fsp3) is 0.267. The second-order valence-electron chi connectivity index (χ2n) is 5.12. The average Bonchev–Trinajstić information content (AvgIpc) is 2.95. The molecule has 0 aliphatic rings. The van der Waals surface area contributed by atoms with Gasteiger partial charge in [-0.1, -0.05) is 17.7 Å². The van der Waals surface area contributed by atoms with E-state index in [1.807, 2.05) is 0 Å². The van der Waals surface area contributed by atoms with E-state index in [0.717, 1.165) is 0 Å². The van der Waals surface area contributed by atoms with Gasteiger partial charge in [-0.2, -0.15) is 5.10 Å². The quantitative estimate of drug-likeness (QED) is 0.834. The van der Waals surface area contributed by atoms with Gasteiger partial charge >= 0.3 is 12.0 Å². The Kier molecular flexibility index (Phi) is 5.75. The van der Waals surface area contributed by atoms with Crippen LogP contribution in [-0.4, -0.2) is 45.4 Å². The molecule has 1 aromatic carbocycles. The van der Waals surface area contributed by atoms with Crippen molar-refractivity contribution in [3.63, 3.8) is 0 Å². The molecule has 2 amide bonds. The van der Waals surface area contributed by atoms with Crippen LogP contribution in [-0.2, 0) is 11.3 Å². The highest BCUT2D eigenvalue weighted by Crippen LogP contribution is 2.17. The highest BCUT2D eigenvalue weighted by molar-refractivity contribution is 6.30. The highest BCUT2D eigenvalue weighted by atomic mass is 35.5. The fourth-order valence-electron chi connectivity index (χ4n) is 1.95. The van der Waals surface area contributed by atoms with Crippen LogP contribution in [0.4, 0.5) is 15.0 Å². The Balaban J connectivity index is 2.03. The lowest BCUT2D eigenvalue weighted by molar-refractivity contribution is -0.137. The summed E-state index contributed by atoms with van der Waals surface area (Å²) in [4.78, 5) is 23.8. The van der Waals surface area contributed by atoms with Crippen LogP contribution in [0.5, 0.6) is 0 Å². The summed E-state index contributed by atoms with van der Waals surface area (Å²) in [5, 5.41) is 15.4. The molecule has 2 rings (SSSR count). The zero-order valence-electron chi connectivity index (χ0n) is 12.9. The van der Waals surface area contributed by atoms with Crippen molar-refractivity contribution in [3.05, 3.63) is 46.9 Å². The summed E-state index contributed by atoms with van der Waals surface area (Å²) in [5.74, 6) is -1.10. The van der Waals surface area contributed by atoms with Gasteiger partial charge in [-0.05, 0) is 17.7 Å².